The molecule has 0 saturated heterocycles. The van der Waals surface area contributed by atoms with Crippen LogP contribution in [0.1, 0.15) is 0 Å². The zero-order valence-electron chi connectivity index (χ0n) is 30.9. The lowest BCUT2D eigenvalue weighted by Crippen LogP contribution is -2.01. The number of hydrogen-bond donors (Lipinski definition) is 0. The van der Waals surface area contributed by atoms with Crippen molar-refractivity contribution >= 4 is 74.9 Å². The van der Waals surface area contributed by atoms with Gasteiger partial charge in [-0.1, -0.05) is 146 Å². The van der Waals surface area contributed by atoms with E-state index in [0.717, 1.165) is 75.8 Å². The Morgan fingerprint density at radius 3 is 1.93 bits per heavy atom. The fraction of sp³-hybridized carbons (Fsp3) is 0. The van der Waals surface area contributed by atoms with E-state index in [1.807, 2.05) is 6.07 Å². The van der Waals surface area contributed by atoms with E-state index in [-0.39, 0.29) is 0 Å². The van der Waals surface area contributed by atoms with Crippen molar-refractivity contribution in [1.82, 2.24) is 19.9 Å². The minimum absolute atomic E-state index is 0.544. The second-order valence-electron chi connectivity index (χ2n) is 14.6. The monoisotopic (exact) mass is 758 g/mol. The van der Waals surface area contributed by atoms with E-state index in [1.54, 1.807) is 11.3 Å². The number of benzene rings is 9. The number of aromatic nitrogens is 4. The van der Waals surface area contributed by atoms with Crippen LogP contribution < -0.4 is 0 Å². The molecule has 0 aliphatic rings. The molecule has 12 rings (SSSR count). The summed E-state index contributed by atoms with van der Waals surface area (Å²) >= 11 is 1.73. The highest BCUT2D eigenvalue weighted by Gasteiger charge is 2.24. The predicted molar refractivity (Wildman–Crippen MR) is 240 cm³/mol. The van der Waals surface area contributed by atoms with E-state index < -0.39 is 0 Å². The Morgan fingerprint density at radius 1 is 0.379 bits per heavy atom. The lowest BCUT2D eigenvalue weighted by Gasteiger charge is -2.13. The van der Waals surface area contributed by atoms with Crippen molar-refractivity contribution in [1.29, 1.82) is 0 Å². The van der Waals surface area contributed by atoms with E-state index >= 15 is 0 Å². The van der Waals surface area contributed by atoms with Gasteiger partial charge in [-0.2, -0.15) is 0 Å². The van der Waals surface area contributed by atoms with Gasteiger partial charge in [0.1, 0.15) is 5.52 Å². The lowest BCUT2D eigenvalue weighted by atomic mass is 9.96. The first-order valence-electron chi connectivity index (χ1n) is 19.3. The number of thiophene rings is 1. The molecular formula is C52H30N4OS. The Labute approximate surface area is 336 Å². The molecule has 12 aromatic rings. The molecule has 3 aromatic heterocycles. The smallest absolute Gasteiger partial charge is 0.227 e. The molecule has 0 saturated carbocycles. The van der Waals surface area contributed by atoms with Crippen LogP contribution in [0, 0.1) is 0 Å². The highest BCUT2D eigenvalue weighted by molar-refractivity contribution is 7.26. The fourth-order valence-corrected chi connectivity index (χ4v) is 9.56. The molecule has 270 valence electrons. The van der Waals surface area contributed by atoms with Crippen LogP contribution >= 0.6 is 11.3 Å². The van der Waals surface area contributed by atoms with Gasteiger partial charge >= 0.3 is 0 Å². The van der Waals surface area contributed by atoms with Crippen LogP contribution in [0.15, 0.2) is 186 Å². The quantitative estimate of drug-likeness (QED) is 0.164. The zero-order valence-corrected chi connectivity index (χ0v) is 31.7. The molecule has 0 bridgehead atoms. The Balaban J connectivity index is 1.17. The van der Waals surface area contributed by atoms with Crippen molar-refractivity contribution in [3.8, 4) is 56.7 Å². The Morgan fingerprint density at radius 2 is 1.05 bits per heavy atom. The van der Waals surface area contributed by atoms with Gasteiger partial charge in [0, 0.05) is 36.9 Å². The number of hydrogen-bond acceptors (Lipinski definition) is 6. The summed E-state index contributed by atoms with van der Waals surface area (Å²) in [7, 11) is 0. The first-order valence-corrected chi connectivity index (χ1v) is 20.1. The summed E-state index contributed by atoms with van der Waals surface area (Å²) in [6, 6.07) is 63.4. The van der Waals surface area contributed by atoms with Gasteiger partial charge in [0.25, 0.3) is 0 Å². The maximum absolute atomic E-state index is 6.71. The van der Waals surface area contributed by atoms with Crippen LogP contribution in [0.25, 0.3) is 120 Å². The molecule has 0 spiro atoms. The topological polar surface area (TPSA) is 64.7 Å². The number of fused-ring (bicyclic) bond motifs is 8. The Hall–Kier alpha value is -7.54. The van der Waals surface area contributed by atoms with Gasteiger partial charge < -0.3 is 4.42 Å². The summed E-state index contributed by atoms with van der Waals surface area (Å²) < 4.78 is 8.94. The highest BCUT2D eigenvalue weighted by Crippen LogP contribution is 2.45. The Bertz CT molecular complexity index is 3590. The molecule has 0 fully saturated rings. The largest absolute Gasteiger partial charge is 0.436 e. The molecule has 5 nitrogen and oxygen atoms in total. The van der Waals surface area contributed by atoms with Gasteiger partial charge in [-0.25, -0.2) is 19.9 Å². The van der Waals surface area contributed by atoms with Gasteiger partial charge in [0.2, 0.25) is 5.89 Å². The molecule has 0 N–H and O–H groups in total. The first kappa shape index (κ1) is 32.7. The maximum Gasteiger partial charge on any atom is 0.227 e. The van der Waals surface area contributed by atoms with Crippen molar-refractivity contribution in [3.63, 3.8) is 0 Å². The zero-order chi connectivity index (χ0) is 38.2. The molecule has 9 aromatic carbocycles. The summed E-state index contributed by atoms with van der Waals surface area (Å²) in [6.45, 7) is 0. The third-order valence-electron chi connectivity index (χ3n) is 11.1. The molecule has 0 atom stereocenters. The summed E-state index contributed by atoms with van der Waals surface area (Å²) in [5, 5.41) is 9.06. The van der Waals surface area contributed by atoms with E-state index in [9.17, 15) is 0 Å². The van der Waals surface area contributed by atoms with Gasteiger partial charge in [-0.3, -0.25) is 0 Å². The van der Waals surface area contributed by atoms with E-state index in [0.29, 0.717) is 34.5 Å². The number of oxazole rings is 1. The van der Waals surface area contributed by atoms with E-state index in [2.05, 4.69) is 176 Å². The van der Waals surface area contributed by atoms with Crippen LogP contribution in [0.4, 0.5) is 0 Å². The summed E-state index contributed by atoms with van der Waals surface area (Å²) in [5.74, 6) is 2.27. The summed E-state index contributed by atoms with van der Waals surface area (Å²) in [6.07, 6.45) is 0. The average molecular weight is 759 g/mol. The minimum atomic E-state index is 0.544. The maximum atomic E-state index is 6.71. The molecular weight excluding hydrogens is 729 g/mol. The standard InChI is InChI=1S/C52H30N4OS/c1-2-13-31(14-3-1)34-18-12-19-36(27-34)49-54-50(43-29-35-17-6-7-20-38(35)39-21-8-9-22-40(39)43)56-51(55-49)46-47-44(30-42-41-23-10-11-24-45(41)58-48(42)46)57-52(53-47)37-26-25-32-15-4-5-16-33(32)28-37/h1-30H. The van der Waals surface area contributed by atoms with Crippen molar-refractivity contribution in [2.24, 2.45) is 0 Å². The van der Waals surface area contributed by atoms with E-state index in [1.165, 1.54) is 10.1 Å². The van der Waals surface area contributed by atoms with Crippen molar-refractivity contribution in [3.05, 3.63) is 182 Å². The highest BCUT2D eigenvalue weighted by atomic mass is 32.1. The molecule has 0 aliphatic carbocycles. The normalized spacial score (nSPS) is 11.8. The SMILES string of the molecule is c1ccc(-c2cccc(-c3nc(-c4cc5ccccc5c5ccccc45)nc(-c4c5nc(-c6ccc7ccccc7c6)oc5cc5c4sc4ccccc45)n3)c2)cc1. The van der Waals surface area contributed by atoms with Crippen LogP contribution in [0.3, 0.4) is 0 Å². The van der Waals surface area contributed by atoms with Crippen LogP contribution in [-0.2, 0) is 0 Å². The third-order valence-corrected chi connectivity index (χ3v) is 12.3. The molecule has 3 heterocycles. The molecule has 0 unspecified atom stereocenters. The molecule has 0 amide bonds. The summed E-state index contributed by atoms with van der Waals surface area (Å²) in [5.41, 5.74) is 7.18. The second-order valence-corrected chi connectivity index (χ2v) is 15.7. The third kappa shape index (κ3) is 5.30. The number of rotatable bonds is 5. The average Bonchev–Trinajstić information content (AvgIpc) is 3.89. The van der Waals surface area contributed by atoms with Crippen molar-refractivity contribution < 1.29 is 4.42 Å². The molecule has 0 aliphatic heterocycles. The van der Waals surface area contributed by atoms with Crippen LogP contribution in [0.2, 0.25) is 0 Å². The Kier molecular flexibility index (Phi) is 7.33. The van der Waals surface area contributed by atoms with E-state index in [4.69, 9.17) is 24.4 Å². The molecule has 58 heavy (non-hydrogen) atoms. The van der Waals surface area contributed by atoms with Gasteiger partial charge in [0.05, 0.1) is 5.56 Å². The van der Waals surface area contributed by atoms with Gasteiger partial charge in [-0.05, 0) is 79.8 Å². The summed E-state index contributed by atoms with van der Waals surface area (Å²) in [4.78, 5) is 21.4. The van der Waals surface area contributed by atoms with Crippen LogP contribution in [0.5, 0.6) is 0 Å². The predicted octanol–water partition coefficient (Wildman–Crippen LogP) is 14.2. The van der Waals surface area contributed by atoms with Gasteiger partial charge in [0.15, 0.2) is 23.1 Å². The number of nitrogens with zero attached hydrogens (tertiary/aromatic N) is 4. The molecule has 6 heteroatoms. The fourth-order valence-electron chi connectivity index (χ4n) is 8.34. The minimum Gasteiger partial charge on any atom is -0.436 e. The lowest BCUT2D eigenvalue weighted by molar-refractivity contribution is 0.620. The van der Waals surface area contributed by atoms with Crippen LogP contribution in [-0.4, -0.2) is 19.9 Å². The van der Waals surface area contributed by atoms with Crippen molar-refractivity contribution in [2.75, 3.05) is 0 Å². The van der Waals surface area contributed by atoms with Crippen molar-refractivity contribution in [2.45, 2.75) is 0 Å². The first-order chi connectivity index (χ1) is 28.7. The second kappa shape index (κ2) is 13.0. The molecule has 0 radical (unpaired) electrons. The van der Waals surface area contributed by atoms with Gasteiger partial charge in [-0.15, -0.1) is 11.3 Å².